The second kappa shape index (κ2) is 9.08. The zero-order valence-corrected chi connectivity index (χ0v) is 18.7. The van der Waals surface area contributed by atoms with E-state index in [0.717, 1.165) is 30.2 Å². The lowest BCUT2D eigenvalue weighted by Gasteiger charge is -2.36. The van der Waals surface area contributed by atoms with Gasteiger partial charge in [-0.05, 0) is 49.1 Å². The number of benzene rings is 1. The van der Waals surface area contributed by atoms with Crippen molar-refractivity contribution < 1.29 is 36.8 Å². The number of alkyl halides is 3. The molecule has 2 atom stereocenters. The third kappa shape index (κ3) is 4.73. The number of halogens is 3. The van der Waals surface area contributed by atoms with Crippen molar-refractivity contribution in [3.63, 3.8) is 0 Å². The van der Waals surface area contributed by atoms with E-state index < -0.39 is 53.3 Å². The fourth-order valence-corrected chi connectivity index (χ4v) is 4.54. The molecule has 186 valence electrons. The Hall–Kier alpha value is -3.83. The van der Waals surface area contributed by atoms with Crippen LogP contribution in [-0.2, 0) is 15.8 Å². The molecule has 1 spiro atoms. The number of carbonyl (C=O) groups excluding carboxylic acids is 4. The van der Waals surface area contributed by atoms with E-state index in [9.17, 15) is 32.3 Å². The molecule has 1 aliphatic carbocycles. The molecule has 3 N–H and O–H groups in total. The van der Waals surface area contributed by atoms with Crippen molar-refractivity contribution in [3.8, 4) is 0 Å². The highest BCUT2D eigenvalue weighted by Crippen LogP contribution is 2.39. The SMILES string of the molecule is CC1CCCCC12NC(=O)N(CC(=O)Nc1ccc(NC(=O)c3ccco3)cc1C(F)(F)F)C2=O. The molecule has 1 aromatic heterocycles. The van der Waals surface area contributed by atoms with Crippen molar-refractivity contribution in [2.75, 3.05) is 17.2 Å². The second-order valence-electron chi connectivity index (χ2n) is 8.68. The summed E-state index contributed by atoms with van der Waals surface area (Å²) < 4.78 is 46.0. The van der Waals surface area contributed by atoms with E-state index in [1.54, 1.807) is 0 Å². The average molecular weight is 492 g/mol. The number of rotatable bonds is 5. The number of carbonyl (C=O) groups is 4. The molecule has 1 aromatic carbocycles. The van der Waals surface area contributed by atoms with E-state index in [4.69, 9.17) is 4.42 Å². The van der Waals surface area contributed by atoms with Gasteiger partial charge in [0.15, 0.2) is 5.76 Å². The van der Waals surface area contributed by atoms with Gasteiger partial charge < -0.3 is 20.4 Å². The number of amides is 5. The molecule has 35 heavy (non-hydrogen) atoms. The number of furan rings is 1. The molecule has 5 amide bonds. The molecule has 2 aliphatic rings. The zero-order valence-electron chi connectivity index (χ0n) is 18.7. The largest absolute Gasteiger partial charge is 0.459 e. The van der Waals surface area contributed by atoms with Crippen LogP contribution in [0.25, 0.3) is 0 Å². The monoisotopic (exact) mass is 492 g/mol. The fourth-order valence-electron chi connectivity index (χ4n) is 4.54. The zero-order chi connectivity index (χ0) is 25.4. The third-order valence-corrected chi connectivity index (χ3v) is 6.41. The smallest absolute Gasteiger partial charge is 0.418 e. The minimum absolute atomic E-state index is 0.0884. The molecule has 9 nitrogen and oxygen atoms in total. The number of imide groups is 1. The van der Waals surface area contributed by atoms with Crippen LogP contribution in [-0.4, -0.2) is 40.7 Å². The molecule has 1 aliphatic heterocycles. The highest BCUT2D eigenvalue weighted by Gasteiger charge is 2.55. The van der Waals surface area contributed by atoms with Crippen molar-refractivity contribution in [2.24, 2.45) is 5.92 Å². The minimum Gasteiger partial charge on any atom is -0.459 e. The average Bonchev–Trinajstić information content (AvgIpc) is 3.40. The maximum absolute atomic E-state index is 13.7. The van der Waals surface area contributed by atoms with Gasteiger partial charge in [0.25, 0.3) is 11.8 Å². The van der Waals surface area contributed by atoms with Gasteiger partial charge in [0.05, 0.1) is 17.5 Å². The molecular weight excluding hydrogens is 469 g/mol. The summed E-state index contributed by atoms with van der Waals surface area (Å²) in [7, 11) is 0. The van der Waals surface area contributed by atoms with Crippen molar-refractivity contribution >= 4 is 35.1 Å². The summed E-state index contributed by atoms with van der Waals surface area (Å²) in [4.78, 5) is 50.8. The van der Waals surface area contributed by atoms with E-state index >= 15 is 0 Å². The predicted molar refractivity (Wildman–Crippen MR) is 117 cm³/mol. The summed E-state index contributed by atoms with van der Waals surface area (Å²) in [6, 6.07) is 4.89. The quantitative estimate of drug-likeness (QED) is 0.545. The van der Waals surface area contributed by atoms with Gasteiger partial charge in [0, 0.05) is 5.69 Å². The van der Waals surface area contributed by atoms with Gasteiger partial charge in [-0.1, -0.05) is 19.8 Å². The number of anilines is 2. The normalized spacial score (nSPS) is 22.3. The summed E-state index contributed by atoms with van der Waals surface area (Å²) in [6.07, 6.45) is -0.768. The van der Waals surface area contributed by atoms with Crippen LogP contribution in [0.4, 0.5) is 29.3 Å². The first-order valence-electron chi connectivity index (χ1n) is 11.0. The molecule has 0 radical (unpaired) electrons. The van der Waals surface area contributed by atoms with E-state index in [0.29, 0.717) is 12.5 Å². The maximum Gasteiger partial charge on any atom is 0.418 e. The summed E-state index contributed by atoms with van der Waals surface area (Å²) in [5, 5.41) is 7.12. The Labute approximate surface area is 198 Å². The molecule has 2 heterocycles. The van der Waals surface area contributed by atoms with Crippen LogP contribution in [0.5, 0.6) is 0 Å². The topological polar surface area (TPSA) is 121 Å². The Morgan fingerprint density at radius 2 is 1.97 bits per heavy atom. The maximum atomic E-state index is 13.7. The first kappa shape index (κ1) is 24.3. The van der Waals surface area contributed by atoms with Gasteiger partial charge in [-0.3, -0.25) is 19.3 Å². The Kier molecular flexibility index (Phi) is 6.30. The number of hydrogen-bond donors (Lipinski definition) is 3. The minimum atomic E-state index is -4.86. The van der Waals surface area contributed by atoms with Crippen molar-refractivity contribution in [1.82, 2.24) is 10.2 Å². The highest BCUT2D eigenvalue weighted by molar-refractivity contribution is 6.10. The summed E-state index contributed by atoms with van der Waals surface area (Å²) in [5.74, 6) is -2.47. The van der Waals surface area contributed by atoms with Crippen molar-refractivity contribution in [1.29, 1.82) is 0 Å². The van der Waals surface area contributed by atoms with E-state index in [-0.39, 0.29) is 17.4 Å². The fraction of sp³-hybridized carbons (Fsp3) is 0.391. The van der Waals surface area contributed by atoms with Crippen LogP contribution < -0.4 is 16.0 Å². The lowest BCUT2D eigenvalue weighted by atomic mass is 9.73. The standard InChI is InChI=1S/C23H23F3N4O5/c1-13-5-2-3-9-22(13)20(33)30(21(34)29-22)12-18(31)28-16-8-7-14(11-15(16)23(24,25)26)27-19(32)17-6-4-10-35-17/h4,6-8,10-11,13H,2-3,5,9,12H2,1H3,(H,27,32)(H,28,31)(H,29,34). The molecule has 1 saturated carbocycles. The molecule has 2 aromatic rings. The third-order valence-electron chi connectivity index (χ3n) is 6.41. The molecule has 0 bridgehead atoms. The first-order valence-corrected chi connectivity index (χ1v) is 11.0. The molecular formula is C23H23F3N4O5. The van der Waals surface area contributed by atoms with Crippen molar-refractivity contribution in [2.45, 2.75) is 44.3 Å². The van der Waals surface area contributed by atoms with E-state index in [1.807, 2.05) is 6.92 Å². The van der Waals surface area contributed by atoms with Gasteiger partial charge in [-0.25, -0.2) is 4.79 Å². The van der Waals surface area contributed by atoms with Gasteiger partial charge >= 0.3 is 12.2 Å². The summed E-state index contributed by atoms with van der Waals surface area (Å²) >= 11 is 0. The van der Waals surface area contributed by atoms with Gasteiger partial charge in [0.1, 0.15) is 12.1 Å². The Morgan fingerprint density at radius 3 is 2.63 bits per heavy atom. The number of hydrogen-bond acceptors (Lipinski definition) is 5. The predicted octanol–water partition coefficient (Wildman–Crippen LogP) is 3.99. The Morgan fingerprint density at radius 1 is 1.20 bits per heavy atom. The highest BCUT2D eigenvalue weighted by atomic mass is 19.4. The van der Waals surface area contributed by atoms with E-state index in [1.165, 1.54) is 24.5 Å². The molecule has 2 fully saturated rings. The van der Waals surface area contributed by atoms with Crippen LogP contribution in [0, 0.1) is 5.92 Å². The molecule has 12 heteroatoms. The number of nitrogens with one attached hydrogen (secondary N) is 3. The molecule has 2 unspecified atom stereocenters. The molecule has 4 rings (SSSR count). The number of nitrogens with zero attached hydrogens (tertiary/aromatic N) is 1. The van der Waals surface area contributed by atoms with Crippen LogP contribution in [0.2, 0.25) is 0 Å². The first-order chi connectivity index (χ1) is 16.5. The van der Waals surface area contributed by atoms with E-state index in [2.05, 4.69) is 16.0 Å². The summed E-state index contributed by atoms with van der Waals surface area (Å²) in [5.41, 5.74) is -3.04. The van der Waals surface area contributed by atoms with Gasteiger partial charge in [0.2, 0.25) is 5.91 Å². The van der Waals surface area contributed by atoms with Gasteiger partial charge in [-0.15, -0.1) is 0 Å². The summed E-state index contributed by atoms with van der Waals surface area (Å²) in [6.45, 7) is 1.12. The number of urea groups is 1. The van der Waals surface area contributed by atoms with Crippen LogP contribution >= 0.6 is 0 Å². The van der Waals surface area contributed by atoms with Gasteiger partial charge in [-0.2, -0.15) is 13.2 Å². The lowest BCUT2D eigenvalue weighted by molar-refractivity contribution is -0.137. The lowest BCUT2D eigenvalue weighted by Crippen LogP contribution is -2.54. The molecule has 1 saturated heterocycles. The Balaban J connectivity index is 1.49. The Bertz CT molecular complexity index is 1160. The van der Waals surface area contributed by atoms with Crippen LogP contribution in [0.1, 0.15) is 48.7 Å². The second-order valence-corrected chi connectivity index (χ2v) is 8.68. The van der Waals surface area contributed by atoms with Crippen LogP contribution in [0.15, 0.2) is 41.0 Å². The van der Waals surface area contributed by atoms with Crippen molar-refractivity contribution in [3.05, 3.63) is 47.9 Å². The van der Waals surface area contributed by atoms with Crippen LogP contribution in [0.3, 0.4) is 0 Å².